The molecule has 0 bridgehead atoms. The van der Waals surface area contributed by atoms with Crippen molar-refractivity contribution in [3.05, 3.63) is 39.2 Å². The average Bonchev–Trinajstić information content (AvgIpc) is 2.33. The quantitative estimate of drug-likeness (QED) is 0.791. The molecule has 0 aliphatic rings. The minimum atomic E-state index is 0.425. The molecular formula is C12H11BrClN3. The Morgan fingerprint density at radius 2 is 2.06 bits per heavy atom. The molecule has 5 heteroatoms. The van der Waals surface area contributed by atoms with E-state index in [0.29, 0.717) is 11.0 Å². The zero-order valence-corrected chi connectivity index (χ0v) is 11.9. The molecule has 0 fully saturated rings. The highest BCUT2D eigenvalue weighted by atomic mass is 79.9. The maximum Gasteiger partial charge on any atom is 0.179 e. The van der Waals surface area contributed by atoms with Gasteiger partial charge in [-0.1, -0.05) is 24.6 Å². The molecule has 0 atom stereocenters. The Morgan fingerprint density at radius 3 is 2.65 bits per heavy atom. The summed E-state index contributed by atoms with van der Waals surface area (Å²) < 4.78 is 0.762. The van der Waals surface area contributed by atoms with E-state index in [1.54, 1.807) is 6.20 Å². The summed E-state index contributed by atoms with van der Waals surface area (Å²) >= 11 is 9.43. The number of rotatable bonds is 2. The SMILES string of the molecule is CCc1nc(-c2ccc(C)cn2)nc(Cl)c1Br. The molecule has 0 radical (unpaired) electrons. The monoisotopic (exact) mass is 311 g/mol. The molecule has 2 aromatic rings. The molecule has 0 saturated heterocycles. The Bertz CT molecular complexity index is 540. The van der Waals surface area contributed by atoms with Gasteiger partial charge in [-0.15, -0.1) is 0 Å². The third-order valence-corrected chi connectivity index (χ3v) is 3.69. The molecule has 0 aromatic carbocycles. The fourth-order valence-electron chi connectivity index (χ4n) is 1.41. The van der Waals surface area contributed by atoms with Crippen molar-refractivity contribution in [2.24, 2.45) is 0 Å². The Kier molecular flexibility index (Phi) is 3.74. The first-order valence-corrected chi connectivity index (χ1v) is 6.44. The Labute approximate surface area is 113 Å². The lowest BCUT2D eigenvalue weighted by Gasteiger charge is -2.06. The third kappa shape index (κ3) is 2.64. The summed E-state index contributed by atoms with van der Waals surface area (Å²) in [6.07, 6.45) is 2.59. The molecule has 0 unspecified atom stereocenters. The van der Waals surface area contributed by atoms with Crippen LogP contribution < -0.4 is 0 Å². The Morgan fingerprint density at radius 1 is 1.29 bits per heavy atom. The molecule has 0 N–H and O–H groups in total. The van der Waals surface area contributed by atoms with Crippen LogP contribution in [0.1, 0.15) is 18.2 Å². The van der Waals surface area contributed by atoms with Gasteiger partial charge in [-0.2, -0.15) is 0 Å². The van der Waals surface area contributed by atoms with Crippen LogP contribution >= 0.6 is 27.5 Å². The van der Waals surface area contributed by atoms with Gasteiger partial charge < -0.3 is 0 Å². The molecule has 0 spiro atoms. The van der Waals surface area contributed by atoms with Gasteiger partial charge in [0, 0.05) is 6.20 Å². The second kappa shape index (κ2) is 5.10. The third-order valence-electron chi connectivity index (χ3n) is 2.35. The number of aromatic nitrogens is 3. The minimum absolute atomic E-state index is 0.425. The molecular weight excluding hydrogens is 302 g/mol. The molecule has 2 rings (SSSR count). The van der Waals surface area contributed by atoms with E-state index >= 15 is 0 Å². The summed E-state index contributed by atoms with van der Waals surface area (Å²) in [7, 11) is 0. The van der Waals surface area contributed by atoms with Crippen LogP contribution in [0.2, 0.25) is 5.15 Å². The number of hydrogen-bond acceptors (Lipinski definition) is 3. The van der Waals surface area contributed by atoms with Crippen LogP contribution in [0.15, 0.2) is 22.8 Å². The number of pyridine rings is 1. The lowest BCUT2D eigenvalue weighted by molar-refractivity contribution is 0.983. The number of hydrogen-bond donors (Lipinski definition) is 0. The number of nitrogens with zero attached hydrogens (tertiary/aromatic N) is 3. The molecule has 0 aliphatic heterocycles. The predicted molar refractivity (Wildman–Crippen MR) is 72.1 cm³/mol. The van der Waals surface area contributed by atoms with Crippen molar-refractivity contribution >= 4 is 27.5 Å². The zero-order valence-electron chi connectivity index (χ0n) is 9.54. The molecule has 0 aliphatic carbocycles. The van der Waals surface area contributed by atoms with Crippen molar-refractivity contribution in [2.75, 3.05) is 0 Å². The minimum Gasteiger partial charge on any atom is -0.253 e. The van der Waals surface area contributed by atoms with E-state index < -0.39 is 0 Å². The van der Waals surface area contributed by atoms with Crippen molar-refractivity contribution in [1.82, 2.24) is 15.0 Å². The van der Waals surface area contributed by atoms with Crippen LogP contribution in [-0.2, 0) is 6.42 Å². The summed E-state index contributed by atoms with van der Waals surface area (Å²) in [6, 6.07) is 3.88. The van der Waals surface area contributed by atoms with E-state index in [1.165, 1.54) is 0 Å². The summed E-state index contributed by atoms with van der Waals surface area (Å²) in [5.74, 6) is 0.565. The lowest BCUT2D eigenvalue weighted by atomic mass is 10.2. The van der Waals surface area contributed by atoms with Gasteiger partial charge in [0.05, 0.1) is 10.2 Å². The average molecular weight is 313 g/mol. The fraction of sp³-hybridized carbons (Fsp3) is 0.250. The van der Waals surface area contributed by atoms with Gasteiger partial charge in [0.15, 0.2) is 5.82 Å². The molecule has 3 nitrogen and oxygen atoms in total. The van der Waals surface area contributed by atoms with E-state index in [0.717, 1.165) is 27.8 Å². The lowest BCUT2D eigenvalue weighted by Crippen LogP contribution is -1.98. The Hall–Kier alpha value is -1.00. The van der Waals surface area contributed by atoms with Gasteiger partial charge in [0.2, 0.25) is 0 Å². The van der Waals surface area contributed by atoms with Crippen molar-refractivity contribution in [3.63, 3.8) is 0 Å². The van der Waals surface area contributed by atoms with Crippen LogP contribution in [0.3, 0.4) is 0 Å². The maximum absolute atomic E-state index is 6.05. The van der Waals surface area contributed by atoms with Crippen molar-refractivity contribution < 1.29 is 0 Å². The van der Waals surface area contributed by atoms with Crippen LogP contribution in [0.5, 0.6) is 0 Å². The number of halogens is 2. The van der Waals surface area contributed by atoms with Gasteiger partial charge in [-0.25, -0.2) is 9.97 Å². The highest BCUT2D eigenvalue weighted by molar-refractivity contribution is 9.10. The van der Waals surface area contributed by atoms with Gasteiger partial charge in [-0.05, 0) is 40.9 Å². The second-order valence-corrected chi connectivity index (χ2v) is 4.82. The van der Waals surface area contributed by atoms with E-state index in [-0.39, 0.29) is 0 Å². The molecule has 2 aromatic heterocycles. The van der Waals surface area contributed by atoms with Gasteiger partial charge in [0.1, 0.15) is 10.8 Å². The second-order valence-electron chi connectivity index (χ2n) is 3.67. The van der Waals surface area contributed by atoms with Gasteiger partial charge in [-0.3, -0.25) is 4.98 Å². The van der Waals surface area contributed by atoms with Crippen LogP contribution in [0.4, 0.5) is 0 Å². The van der Waals surface area contributed by atoms with Crippen molar-refractivity contribution in [1.29, 1.82) is 0 Å². The highest BCUT2D eigenvalue weighted by Crippen LogP contribution is 2.26. The molecule has 0 amide bonds. The highest BCUT2D eigenvalue weighted by Gasteiger charge is 2.11. The predicted octanol–water partition coefficient (Wildman–Crippen LogP) is 3.83. The van der Waals surface area contributed by atoms with E-state index in [1.807, 2.05) is 26.0 Å². The normalized spacial score (nSPS) is 10.6. The van der Waals surface area contributed by atoms with Crippen molar-refractivity contribution in [3.8, 4) is 11.5 Å². The Balaban J connectivity index is 2.52. The fourth-order valence-corrected chi connectivity index (χ4v) is 2.06. The van der Waals surface area contributed by atoms with Gasteiger partial charge >= 0.3 is 0 Å². The van der Waals surface area contributed by atoms with E-state index in [4.69, 9.17) is 11.6 Å². The summed E-state index contributed by atoms with van der Waals surface area (Å²) in [5.41, 5.74) is 2.73. The van der Waals surface area contributed by atoms with Crippen LogP contribution in [0.25, 0.3) is 11.5 Å². The maximum atomic E-state index is 6.05. The molecule has 0 saturated carbocycles. The standard InChI is InChI=1S/C12H11BrClN3/c1-3-8-10(13)11(14)17-12(16-8)9-5-4-7(2)6-15-9/h4-6H,3H2,1-2H3. The zero-order chi connectivity index (χ0) is 12.4. The first-order chi connectivity index (χ1) is 8.11. The topological polar surface area (TPSA) is 38.7 Å². The summed E-state index contributed by atoms with van der Waals surface area (Å²) in [5, 5.41) is 0.425. The van der Waals surface area contributed by atoms with Gasteiger partial charge in [0.25, 0.3) is 0 Å². The smallest absolute Gasteiger partial charge is 0.179 e. The van der Waals surface area contributed by atoms with Crippen molar-refractivity contribution in [2.45, 2.75) is 20.3 Å². The summed E-state index contributed by atoms with van der Waals surface area (Å²) in [4.78, 5) is 13.0. The first-order valence-electron chi connectivity index (χ1n) is 5.26. The molecule has 17 heavy (non-hydrogen) atoms. The largest absolute Gasteiger partial charge is 0.253 e. The molecule has 88 valence electrons. The van der Waals surface area contributed by atoms with E-state index in [2.05, 4.69) is 30.9 Å². The number of aryl methyl sites for hydroxylation is 2. The molecule has 2 heterocycles. The first kappa shape index (κ1) is 12.5. The van der Waals surface area contributed by atoms with E-state index in [9.17, 15) is 0 Å². The summed E-state index contributed by atoms with van der Waals surface area (Å²) in [6.45, 7) is 4.01. The van der Waals surface area contributed by atoms with Crippen LogP contribution in [0, 0.1) is 6.92 Å². The van der Waals surface area contributed by atoms with Crippen LogP contribution in [-0.4, -0.2) is 15.0 Å².